The van der Waals surface area contributed by atoms with Crippen LogP contribution in [0.1, 0.15) is 18.9 Å². The maximum absolute atomic E-state index is 5.40. The second-order valence-electron chi connectivity index (χ2n) is 3.45. The van der Waals surface area contributed by atoms with Crippen molar-refractivity contribution in [1.29, 1.82) is 0 Å². The van der Waals surface area contributed by atoms with Crippen LogP contribution in [0.4, 0.5) is 5.69 Å². The molecule has 0 aliphatic carbocycles. The average Bonchev–Trinajstić information content (AvgIpc) is 2.24. The molecule has 0 unspecified atom stereocenters. The van der Waals surface area contributed by atoms with Gasteiger partial charge in [-0.3, -0.25) is 0 Å². The molecular weight excluding hydrogens is 254 g/mol. The Morgan fingerprint density at radius 2 is 2.13 bits per heavy atom. The number of rotatable bonds is 6. The highest BCUT2D eigenvalue weighted by Crippen LogP contribution is 2.22. The molecule has 0 radical (unpaired) electrons. The van der Waals surface area contributed by atoms with Crippen LogP contribution in [-0.2, 0) is 4.74 Å². The van der Waals surface area contributed by atoms with Crippen LogP contribution in [0.2, 0.25) is 0 Å². The predicted octanol–water partition coefficient (Wildman–Crippen LogP) is 3.60. The standard InChI is InChI=1S/C12H18BrNO/c1-3-8-15-9-7-14-12-6-4-5-11(13)10(12)2/h4-6,14H,3,7-9H2,1-2H3. The van der Waals surface area contributed by atoms with Crippen LogP contribution in [-0.4, -0.2) is 19.8 Å². The molecule has 0 atom stereocenters. The van der Waals surface area contributed by atoms with E-state index in [0.717, 1.165) is 30.7 Å². The first-order valence-corrected chi connectivity index (χ1v) is 6.11. The summed E-state index contributed by atoms with van der Waals surface area (Å²) in [6, 6.07) is 6.17. The molecule has 0 aromatic heterocycles. The van der Waals surface area contributed by atoms with Gasteiger partial charge in [0.25, 0.3) is 0 Å². The van der Waals surface area contributed by atoms with Crippen LogP contribution >= 0.6 is 15.9 Å². The van der Waals surface area contributed by atoms with E-state index in [1.165, 1.54) is 11.3 Å². The van der Waals surface area contributed by atoms with Crippen LogP contribution in [0, 0.1) is 6.92 Å². The van der Waals surface area contributed by atoms with Crippen molar-refractivity contribution in [2.75, 3.05) is 25.1 Å². The van der Waals surface area contributed by atoms with Gasteiger partial charge in [-0.25, -0.2) is 0 Å². The molecule has 0 heterocycles. The minimum Gasteiger partial charge on any atom is -0.382 e. The summed E-state index contributed by atoms with van der Waals surface area (Å²) in [5, 5.41) is 3.36. The Morgan fingerprint density at radius 1 is 1.33 bits per heavy atom. The van der Waals surface area contributed by atoms with E-state index < -0.39 is 0 Å². The third-order valence-electron chi connectivity index (χ3n) is 2.18. The van der Waals surface area contributed by atoms with Crippen LogP contribution in [0.5, 0.6) is 0 Å². The zero-order chi connectivity index (χ0) is 11.1. The van der Waals surface area contributed by atoms with Gasteiger partial charge in [0.15, 0.2) is 0 Å². The Bertz CT molecular complexity index is 302. The van der Waals surface area contributed by atoms with E-state index in [-0.39, 0.29) is 0 Å². The summed E-state index contributed by atoms with van der Waals surface area (Å²) in [4.78, 5) is 0. The molecule has 0 saturated heterocycles. The Labute approximate surface area is 100 Å². The van der Waals surface area contributed by atoms with E-state index in [2.05, 4.69) is 41.2 Å². The van der Waals surface area contributed by atoms with Gasteiger partial charge >= 0.3 is 0 Å². The Morgan fingerprint density at radius 3 is 2.87 bits per heavy atom. The van der Waals surface area contributed by atoms with Crippen molar-refractivity contribution >= 4 is 21.6 Å². The molecule has 1 aromatic carbocycles. The Balaban J connectivity index is 2.34. The zero-order valence-electron chi connectivity index (χ0n) is 9.35. The molecule has 0 spiro atoms. The minimum atomic E-state index is 0.764. The summed E-state index contributed by atoms with van der Waals surface area (Å²) in [6.07, 6.45) is 1.08. The van der Waals surface area contributed by atoms with Crippen molar-refractivity contribution in [3.8, 4) is 0 Å². The van der Waals surface area contributed by atoms with E-state index >= 15 is 0 Å². The summed E-state index contributed by atoms with van der Waals surface area (Å²) >= 11 is 3.51. The lowest BCUT2D eigenvalue weighted by Gasteiger charge is -2.10. The summed E-state index contributed by atoms with van der Waals surface area (Å²) in [7, 11) is 0. The van der Waals surface area contributed by atoms with Gasteiger partial charge in [-0.2, -0.15) is 0 Å². The molecule has 84 valence electrons. The molecule has 15 heavy (non-hydrogen) atoms. The third kappa shape index (κ3) is 4.22. The topological polar surface area (TPSA) is 21.3 Å². The summed E-state index contributed by atoms with van der Waals surface area (Å²) in [5.41, 5.74) is 2.41. The highest BCUT2D eigenvalue weighted by atomic mass is 79.9. The molecule has 0 bridgehead atoms. The number of benzene rings is 1. The fourth-order valence-corrected chi connectivity index (χ4v) is 1.67. The minimum absolute atomic E-state index is 0.764. The van der Waals surface area contributed by atoms with Gasteiger partial charge in [0.2, 0.25) is 0 Å². The number of hydrogen-bond donors (Lipinski definition) is 1. The number of anilines is 1. The van der Waals surface area contributed by atoms with Crippen LogP contribution < -0.4 is 5.32 Å². The average molecular weight is 272 g/mol. The van der Waals surface area contributed by atoms with Crippen molar-refractivity contribution < 1.29 is 4.74 Å². The van der Waals surface area contributed by atoms with Crippen LogP contribution in [0.15, 0.2) is 22.7 Å². The van der Waals surface area contributed by atoms with Crippen molar-refractivity contribution in [1.82, 2.24) is 0 Å². The fourth-order valence-electron chi connectivity index (χ4n) is 1.30. The van der Waals surface area contributed by atoms with E-state index in [0.29, 0.717) is 0 Å². The number of hydrogen-bond acceptors (Lipinski definition) is 2. The van der Waals surface area contributed by atoms with E-state index in [9.17, 15) is 0 Å². The molecule has 1 rings (SSSR count). The number of nitrogens with one attached hydrogen (secondary N) is 1. The van der Waals surface area contributed by atoms with Crippen molar-refractivity contribution in [2.24, 2.45) is 0 Å². The highest BCUT2D eigenvalue weighted by molar-refractivity contribution is 9.10. The molecule has 0 amide bonds. The number of halogens is 1. The summed E-state index contributed by atoms with van der Waals surface area (Å²) < 4.78 is 6.54. The predicted molar refractivity (Wildman–Crippen MR) is 68.5 cm³/mol. The smallest absolute Gasteiger partial charge is 0.0639 e. The van der Waals surface area contributed by atoms with Gasteiger partial charge < -0.3 is 10.1 Å². The maximum atomic E-state index is 5.40. The summed E-state index contributed by atoms with van der Waals surface area (Å²) in [6.45, 7) is 6.68. The zero-order valence-corrected chi connectivity index (χ0v) is 10.9. The first kappa shape index (κ1) is 12.5. The van der Waals surface area contributed by atoms with Gasteiger partial charge in [0.05, 0.1) is 6.61 Å². The molecule has 1 aromatic rings. The molecule has 1 N–H and O–H groups in total. The molecule has 0 saturated carbocycles. The molecular formula is C12H18BrNO. The van der Waals surface area contributed by atoms with Crippen molar-refractivity contribution in [3.63, 3.8) is 0 Å². The van der Waals surface area contributed by atoms with Crippen molar-refractivity contribution in [3.05, 3.63) is 28.2 Å². The first-order chi connectivity index (χ1) is 7.25. The van der Waals surface area contributed by atoms with Gasteiger partial charge in [-0.1, -0.05) is 28.9 Å². The second kappa shape index (κ2) is 6.85. The fraction of sp³-hybridized carbons (Fsp3) is 0.500. The first-order valence-electron chi connectivity index (χ1n) is 5.32. The lowest BCUT2D eigenvalue weighted by atomic mass is 10.2. The molecule has 2 nitrogen and oxygen atoms in total. The van der Waals surface area contributed by atoms with Gasteiger partial charge in [0, 0.05) is 23.3 Å². The summed E-state index contributed by atoms with van der Waals surface area (Å²) in [5.74, 6) is 0. The molecule has 0 fully saturated rings. The van der Waals surface area contributed by atoms with Gasteiger partial charge in [-0.15, -0.1) is 0 Å². The van der Waals surface area contributed by atoms with Crippen molar-refractivity contribution in [2.45, 2.75) is 20.3 Å². The highest BCUT2D eigenvalue weighted by Gasteiger charge is 1.99. The molecule has 0 aliphatic heterocycles. The van der Waals surface area contributed by atoms with E-state index in [4.69, 9.17) is 4.74 Å². The second-order valence-corrected chi connectivity index (χ2v) is 4.31. The largest absolute Gasteiger partial charge is 0.382 e. The van der Waals surface area contributed by atoms with E-state index in [1.54, 1.807) is 0 Å². The molecule has 3 heteroatoms. The monoisotopic (exact) mass is 271 g/mol. The normalized spacial score (nSPS) is 10.3. The number of ether oxygens (including phenoxy) is 1. The third-order valence-corrected chi connectivity index (χ3v) is 3.04. The lowest BCUT2D eigenvalue weighted by molar-refractivity contribution is 0.144. The maximum Gasteiger partial charge on any atom is 0.0639 e. The van der Waals surface area contributed by atoms with Gasteiger partial charge in [0.1, 0.15) is 0 Å². The SMILES string of the molecule is CCCOCCNc1cccc(Br)c1C. The Hall–Kier alpha value is -0.540. The quantitative estimate of drug-likeness (QED) is 0.799. The van der Waals surface area contributed by atoms with E-state index in [1.807, 2.05) is 12.1 Å². The van der Waals surface area contributed by atoms with Gasteiger partial charge in [-0.05, 0) is 31.0 Å². The molecule has 0 aliphatic rings. The Kier molecular flexibility index (Phi) is 5.73. The lowest BCUT2D eigenvalue weighted by Crippen LogP contribution is -2.10. The van der Waals surface area contributed by atoms with Crippen LogP contribution in [0.25, 0.3) is 0 Å². The van der Waals surface area contributed by atoms with Crippen LogP contribution in [0.3, 0.4) is 0 Å².